The SMILES string of the molecule is CCCOc1cc(N=Nc2ccccc2)c(Cl)cc1Cc1nc(Cc2cc(Cl)c(N=Nc3cc(C(=O)O)cc(C(=O)O)c3)cc2OCCCS(=O)(=O)O)nc(NCC(=O)O)n1.O=C=O.O=C=O.O=S(=O)=O. The molecule has 0 aliphatic rings. The molecule has 1 aromatic heterocycles. The number of carbonyl (C=O) groups excluding carboxylic acids is 4. The number of aromatic nitrogens is 3. The van der Waals surface area contributed by atoms with E-state index in [1.807, 2.05) is 25.1 Å². The minimum Gasteiger partial charge on any atom is -0.493 e. The maximum absolute atomic E-state index is 11.6. The first kappa shape index (κ1) is 58.9. The standard InChI is InChI=1S/C39H36Cl2N8O11S.2CO2.O3S/c1-2-9-59-32-19-30(48-46-26-7-4-3-5-8-26)28(40)15-22(32)17-34-43-35(45-39(44-34)42-21-36(50)51)18-23-16-29(41)31(20-33(23)60-10-6-11-61(56,57)58)49-47-27-13-24(37(52)53)12-25(14-27)38(54)55;2*2-1-3;1-4(2)3/h3-5,7-8,12-16,19-20H,2,6,9-11,17-18,21H2,1H3,(H,50,51)(H,52,53)(H,54,55)(H,56,57,58)(H,42,43,44,45);;;. The van der Waals surface area contributed by atoms with E-state index in [4.69, 9.17) is 64.5 Å². The summed E-state index contributed by atoms with van der Waals surface area (Å²) in [5, 5.41) is 47.8. The maximum Gasteiger partial charge on any atom is 0.425 e. The van der Waals surface area contributed by atoms with Crippen molar-refractivity contribution in [2.24, 2.45) is 20.5 Å². The summed E-state index contributed by atoms with van der Waals surface area (Å²) in [5.74, 6) is -3.80. The second-order valence-electron chi connectivity index (χ2n) is 13.2. The van der Waals surface area contributed by atoms with Crippen LogP contribution >= 0.6 is 23.2 Å². The fourth-order valence-corrected chi connectivity index (χ4v) is 6.27. The van der Waals surface area contributed by atoms with E-state index in [0.717, 1.165) is 18.2 Å². The van der Waals surface area contributed by atoms with Crippen LogP contribution in [-0.2, 0) is 57.5 Å². The van der Waals surface area contributed by atoms with Crippen molar-refractivity contribution in [1.82, 2.24) is 15.0 Å². The summed E-state index contributed by atoms with van der Waals surface area (Å²) in [6.07, 6.45) is 1.00. The van der Waals surface area contributed by atoms with Crippen LogP contribution in [0.3, 0.4) is 0 Å². The summed E-state index contributed by atoms with van der Waals surface area (Å²) in [4.78, 5) is 80.7. The third-order valence-corrected chi connectivity index (χ3v) is 9.47. The number of nitrogens with one attached hydrogen (secondary N) is 1. The lowest BCUT2D eigenvalue weighted by Gasteiger charge is -2.15. The number of benzene rings is 4. The monoisotopic (exact) mass is 1060 g/mol. The van der Waals surface area contributed by atoms with Gasteiger partial charge in [0.1, 0.15) is 41.1 Å². The van der Waals surface area contributed by atoms with Crippen molar-refractivity contribution in [3.05, 3.63) is 117 Å². The molecule has 0 saturated carbocycles. The third kappa shape index (κ3) is 22.6. The minimum absolute atomic E-state index is 0.00353. The van der Waals surface area contributed by atoms with Gasteiger partial charge < -0.3 is 30.1 Å². The largest absolute Gasteiger partial charge is 0.493 e. The molecule has 71 heavy (non-hydrogen) atoms. The van der Waals surface area contributed by atoms with Gasteiger partial charge in [-0.05, 0) is 55.3 Å². The Hall–Kier alpha value is -8.23. The molecule has 30 heteroatoms. The number of halogens is 2. The van der Waals surface area contributed by atoms with Crippen molar-refractivity contribution in [1.29, 1.82) is 0 Å². The number of aromatic carboxylic acids is 2. The van der Waals surface area contributed by atoms with E-state index in [0.29, 0.717) is 41.3 Å². The Bertz CT molecular complexity index is 3000. The molecular formula is C41H36Cl2N8O18S2. The van der Waals surface area contributed by atoms with E-state index < -0.39 is 50.9 Å². The second kappa shape index (κ2) is 30.3. The van der Waals surface area contributed by atoms with Gasteiger partial charge in [0.15, 0.2) is 0 Å². The van der Waals surface area contributed by atoms with E-state index in [2.05, 4.69) is 40.7 Å². The number of anilines is 1. The molecule has 0 bridgehead atoms. The van der Waals surface area contributed by atoms with Gasteiger partial charge in [0, 0.05) is 36.1 Å². The van der Waals surface area contributed by atoms with Crippen LogP contribution < -0.4 is 14.8 Å². The first-order valence-electron chi connectivity index (χ1n) is 19.4. The van der Waals surface area contributed by atoms with Crippen LogP contribution in [0, 0.1) is 0 Å². The summed E-state index contributed by atoms with van der Waals surface area (Å²) in [6, 6.07) is 18.3. The van der Waals surface area contributed by atoms with Gasteiger partial charge in [0.25, 0.3) is 10.1 Å². The summed E-state index contributed by atoms with van der Waals surface area (Å²) in [5.41, 5.74) is 1.08. The van der Waals surface area contributed by atoms with Gasteiger partial charge in [0.2, 0.25) is 5.95 Å². The number of hydrogen-bond acceptors (Lipinski definition) is 22. The van der Waals surface area contributed by atoms with Gasteiger partial charge in [-0.3, -0.25) is 9.35 Å². The molecule has 0 spiro atoms. The second-order valence-corrected chi connectivity index (χ2v) is 16.0. The summed E-state index contributed by atoms with van der Waals surface area (Å²) in [7, 11) is -7.42. The highest BCUT2D eigenvalue weighted by molar-refractivity contribution is 7.85. The molecule has 5 rings (SSSR count). The highest BCUT2D eigenvalue weighted by Gasteiger charge is 2.19. The third-order valence-electron chi connectivity index (χ3n) is 8.06. The molecular weight excluding hydrogens is 1030 g/mol. The van der Waals surface area contributed by atoms with Crippen molar-refractivity contribution >= 4 is 103 Å². The van der Waals surface area contributed by atoms with Crippen LogP contribution in [-0.4, -0.2) is 112 Å². The van der Waals surface area contributed by atoms with Crippen LogP contribution in [0.15, 0.2) is 93.3 Å². The average molecular weight is 1060 g/mol. The van der Waals surface area contributed by atoms with Crippen LogP contribution in [0.2, 0.25) is 10.0 Å². The highest BCUT2D eigenvalue weighted by atomic mass is 35.5. The van der Waals surface area contributed by atoms with E-state index >= 15 is 0 Å². The summed E-state index contributed by atoms with van der Waals surface area (Å²) in [6.45, 7) is 1.57. The van der Waals surface area contributed by atoms with Crippen molar-refractivity contribution < 1.29 is 84.0 Å². The van der Waals surface area contributed by atoms with Crippen molar-refractivity contribution in [3.63, 3.8) is 0 Å². The topological polar surface area (TPSA) is 404 Å². The molecule has 0 saturated heterocycles. The fourth-order valence-electron chi connectivity index (χ4n) is 5.34. The molecule has 0 radical (unpaired) electrons. The molecule has 0 atom stereocenters. The number of carboxylic acids is 3. The van der Waals surface area contributed by atoms with Gasteiger partial charge in [-0.1, -0.05) is 48.3 Å². The number of carbonyl (C=O) groups is 3. The van der Waals surface area contributed by atoms with Crippen LogP contribution in [0.5, 0.6) is 11.5 Å². The number of ether oxygens (including phenoxy) is 2. The number of aliphatic carboxylic acids is 1. The Balaban J connectivity index is 0.00000158. The number of hydrogen-bond donors (Lipinski definition) is 5. The van der Waals surface area contributed by atoms with Gasteiger partial charge in [-0.25, -0.2) is 14.6 Å². The van der Waals surface area contributed by atoms with Crippen LogP contribution in [0.4, 0.5) is 28.7 Å². The number of azo groups is 2. The molecule has 26 nitrogen and oxygen atoms in total. The Morgan fingerprint density at radius 2 is 1.14 bits per heavy atom. The smallest absolute Gasteiger partial charge is 0.425 e. The Labute approximate surface area is 412 Å². The Morgan fingerprint density at radius 1 is 0.690 bits per heavy atom. The lowest BCUT2D eigenvalue weighted by molar-refractivity contribution is -0.193. The zero-order valence-corrected chi connectivity index (χ0v) is 39.4. The Morgan fingerprint density at radius 3 is 1.56 bits per heavy atom. The predicted octanol–water partition coefficient (Wildman–Crippen LogP) is 6.36. The van der Waals surface area contributed by atoms with E-state index in [1.54, 1.807) is 24.3 Å². The van der Waals surface area contributed by atoms with E-state index in [-0.39, 0.29) is 94.1 Å². The van der Waals surface area contributed by atoms with Gasteiger partial charge in [-0.15, -0.1) is 22.9 Å². The lowest BCUT2D eigenvalue weighted by Crippen LogP contribution is -2.17. The number of nitrogens with zero attached hydrogens (tertiary/aromatic N) is 7. The zero-order valence-electron chi connectivity index (χ0n) is 36.3. The first-order valence-corrected chi connectivity index (χ1v) is 22.8. The molecule has 0 unspecified atom stereocenters. The first-order chi connectivity index (χ1) is 33.6. The van der Waals surface area contributed by atoms with Crippen molar-refractivity contribution in [3.8, 4) is 11.5 Å². The molecule has 374 valence electrons. The molecule has 5 N–H and O–H groups in total. The molecule has 1 heterocycles. The molecule has 0 aliphatic heterocycles. The van der Waals surface area contributed by atoms with E-state index in [1.165, 1.54) is 12.1 Å². The highest BCUT2D eigenvalue weighted by Crippen LogP contribution is 2.37. The molecule has 0 fully saturated rings. The average Bonchev–Trinajstić information content (AvgIpc) is 3.29. The molecule has 0 amide bonds. The predicted molar refractivity (Wildman–Crippen MR) is 242 cm³/mol. The van der Waals surface area contributed by atoms with Crippen LogP contribution in [0.1, 0.15) is 63.3 Å². The quantitative estimate of drug-likeness (QED) is 0.0303. The van der Waals surface area contributed by atoms with Gasteiger partial charge in [0.05, 0.1) is 51.5 Å². The maximum atomic E-state index is 11.6. The number of carboxylic acid groups (broad SMARTS) is 3. The van der Waals surface area contributed by atoms with Gasteiger partial charge in [-0.2, -0.15) is 47.8 Å². The fraction of sp³-hybridized carbons (Fsp3) is 0.220. The molecule has 4 aromatic carbocycles. The molecule has 5 aromatic rings. The van der Waals surface area contributed by atoms with Gasteiger partial charge >= 0.3 is 40.8 Å². The zero-order chi connectivity index (χ0) is 53.1. The molecule has 0 aliphatic carbocycles. The lowest BCUT2D eigenvalue weighted by atomic mass is 10.1. The normalized spacial score (nSPS) is 10.5. The summed E-state index contributed by atoms with van der Waals surface area (Å²) >= 11 is 13.3. The van der Waals surface area contributed by atoms with Crippen molar-refractivity contribution in [2.75, 3.05) is 30.8 Å². The Kier molecular flexibility index (Phi) is 25.1. The summed E-state index contributed by atoms with van der Waals surface area (Å²) < 4.78 is 69.3. The number of rotatable bonds is 21. The van der Waals surface area contributed by atoms with Crippen LogP contribution in [0.25, 0.3) is 0 Å². The van der Waals surface area contributed by atoms with Crippen molar-refractivity contribution in [2.45, 2.75) is 32.6 Å². The van der Waals surface area contributed by atoms with E-state index in [9.17, 15) is 42.7 Å². The minimum atomic E-state index is -4.31.